The predicted molar refractivity (Wildman–Crippen MR) is 60.2 cm³/mol. The van der Waals surface area contributed by atoms with E-state index in [-0.39, 0.29) is 0 Å². The van der Waals surface area contributed by atoms with Crippen LogP contribution in [0.1, 0.15) is 39.1 Å². The monoisotopic (exact) mass is 206 g/mol. The number of rotatable bonds is 5. The third-order valence-electron chi connectivity index (χ3n) is 2.17. The van der Waals surface area contributed by atoms with Gasteiger partial charge < -0.3 is 5.32 Å². The number of hydrogen-bond donors (Lipinski definition) is 1. The SMILES string of the molecule is C#CCC(C)NCc1ncnn1C(C)C. The summed E-state index contributed by atoms with van der Waals surface area (Å²) in [5.74, 6) is 3.58. The standard InChI is InChI=1S/C11H18N4/c1-5-6-10(4)12-7-11-13-8-14-15(11)9(2)3/h1,8-10,12H,6-7H2,2-4H3. The molecule has 0 amide bonds. The highest BCUT2D eigenvalue weighted by Gasteiger charge is 2.08. The fourth-order valence-corrected chi connectivity index (χ4v) is 1.35. The molecule has 15 heavy (non-hydrogen) atoms. The van der Waals surface area contributed by atoms with Crippen LogP contribution in [-0.4, -0.2) is 20.8 Å². The van der Waals surface area contributed by atoms with Crippen LogP contribution in [0.25, 0.3) is 0 Å². The quantitative estimate of drug-likeness (QED) is 0.740. The second-order valence-electron chi connectivity index (χ2n) is 3.90. The van der Waals surface area contributed by atoms with E-state index in [2.05, 4.69) is 42.1 Å². The zero-order chi connectivity index (χ0) is 11.3. The van der Waals surface area contributed by atoms with Gasteiger partial charge in [-0.05, 0) is 20.8 Å². The topological polar surface area (TPSA) is 42.7 Å². The van der Waals surface area contributed by atoms with Crippen LogP contribution in [0, 0.1) is 12.3 Å². The van der Waals surface area contributed by atoms with Gasteiger partial charge in [-0.15, -0.1) is 12.3 Å². The molecule has 4 heteroatoms. The Morgan fingerprint density at radius 2 is 2.27 bits per heavy atom. The molecule has 1 unspecified atom stereocenters. The lowest BCUT2D eigenvalue weighted by Gasteiger charge is -2.12. The second-order valence-corrected chi connectivity index (χ2v) is 3.90. The van der Waals surface area contributed by atoms with E-state index in [4.69, 9.17) is 6.42 Å². The van der Waals surface area contributed by atoms with E-state index in [1.807, 2.05) is 4.68 Å². The molecule has 1 aromatic rings. The van der Waals surface area contributed by atoms with E-state index in [1.54, 1.807) is 6.33 Å². The molecule has 1 N–H and O–H groups in total. The van der Waals surface area contributed by atoms with Gasteiger partial charge in [-0.1, -0.05) is 0 Å². The zero-order valence-corrected chi connectivity index (χ0v) is 9.57. The Hall–Kier alpha value is -1.34. The zero-order valence-electron chi connectivity index (χ0n) is 9.57. The van der Waals surface area contributed by atoms with Crippen LogP contribution in [-0.2, 0) is 6.54 Å². The van der Waals surface area contributed by atoms with Crippen LogP contribution in [0.4, 0.5) is 0 Å². The lowest BCUT2D eigenvalue weighted by molar-refractivity contribution is 0.471. The van der Waals surface area contributed by atoms with Crippen molar-refractivity contribution in [1.29, 1.82) is 0 Å². The van der Waals surface area contributed by atoms with E-state index in [0.717, 1.165) is 12.2 Å². The van der Waals surface area contributed by atoms with Crippen molar-refractivity contribution in [3.8, 4) is 12.3 Å². The Morgan fingerprint density at radius 1 is 1.53 bits per heavy atom. The van der Waals surface area contributed by atoms with Crippen molar-refractivity contribution >= 4 is 0 Å². The molecule has 4 nitrogen and oxygen atoms in total. The molecular formula is C11H18N4. The highest BCUT2D eigenvalue weighted by molar-refractivity contribution is 4.90. The first-order chi connectivity index (χ1) is 7.15. The first-order valence-corrected chi connectivity index (χ1v) is 5.20. The number of nitrogens with zero attached hydrogens (tertiary/aromatic N) is 3. The summed E-state index contributed by atoms with van der Waals surface area (Å²) in [4.78, 5) is 4.21. The van der Waals surface area contributed by atoms with Crippen molar-refractivity contribution in [3.05, 3.63) is 12.2 Å². The van der Waals surface area contributed by atoms with Crippen LogP contribution in [0.2, 0.25) is 0 Å². The molecule has 0 aliphatic rings. The van der Waals surface area contributed by atoms with E-state index in [1.165, 1.54) is 0 Å². The Kier molecular flexibility index (Phi) is 4.32. The van der Waals surface area contributed by atoms with Crippen molar-refractivity contribution in [1.82, 2.24) is 20.1 Å². The molecule has 1 heterocycles. The van der Waals surface area contributed by atoms with E-state index < -0.39 is 0 Å². The highest BCUT2D eigenvalue weighted by atomic mass is 15.4. The molecule has 0 aliphatic carbocycles. The number of aromatic nitrogens is 3. The molecule has 0 spiro atoms. The van der Waals surface area contributed by atoms with Crippen LogP contribution in [0.3, 0.4) is 0 Å². The number of hydrogen-bond acceptors (Lipinski definition) is 3. The summed E-state index contributed by atoms with van der Waals surface area (Å²) in [6.07, 6.45) is 7.55. The molecule has 0 bridgehead atoms. The lowest BCUT2D eigenvalue weighted by Crippen LogP contribution is -2.27. The van der Waals surface area contributed by atoms with E-state index in [9.17, 15) is 0 Å². The van der Waals surface area contributed by atoms with Gasteiger partial charge in [0.15, 0.2) is 0 Å². The normalized spacial score (nSPS) is 12.7. The van der Waals surface area contributed by atoms with Gasteiger partial charge in [0.05, 0.1) is 6.54 Å². The Bertz CT molecular complexity index is 335. The van der Waals surface area contributed by atoms with Gasteiger partial charge in [0.25, 0.3) is 0 Å². The minimum Gasteiger partial charge on any atom is -0.306 e. The maximum absolute atomic E-state index is 5.23. The van der Waals surface area contributed by atoms with Gasteiger partial charge in [-0.25, -0.2) is 9.67 Å². The molecule has 0 fully saturated rings. The fraction of sp³-hybridized carbons (Fsp3) is 0.636. The molecule has 1 aromatic heterocycles. The molecule has 0 aromatic carbocycles. The van der Waals surface area contributed by atoms with Gasteiger partial charge in [-0.3, -0.25) is 0 Å². The summed E-state index contributed by atoms with van der Waals surface area (Å²) >= 11 is 0. The van der Waals surface area contributed by atoms with E-state index >= 15 is 0 Å². The van der Waals surface area contributed by atoms with Gasteiger partial charge in [0, 0.05) is 18.5 Å². The summed E-state index contributed by atoms with van der Waals surface area (Å²) in [5, 5.41) is 7.48. The van der Waals surface area contributed by atoms with Crippen LogP contribution in [0.15, 0.2) is 6.33 Å². The maximum atomic E-state index is 5.23. The molecule has 0 saturated carbocycles. The minimum absolute atomic E-state index is 0.312. The second kappa shape index (κ2) is 5.52. The van der Waals surface area contributed by atoms with Crippen molar-refractivity contribution in [2.75, 3.05) is 0 Å². The molecule has 0 radical (unpaired) electrons. The summed E-state index contributed by atoms with van der Waals surface area (Å²) in [6, 6.07) is 0.652. The number of nitrogens with one attached hydrogen (secondary N) is 1. The first kappa shape index (κ1) is 11.7. The van der Waals surface area contributed by atoms with Crippen LogP contribution >= 0.6 is 0 Å². The third kappa shape index (κ3) is 3.37. The predicted octanol–water partition coefficient (Wildman–Crippen LogP) is 1.36. The molecular weight excluding hydrogens is 188 g/mol. The van der Waals surface area contributed by atoms with Gasteiger partial charge in [0.1, 0.15) is 12.2 Å². The number of terminal acetylenes is 1. The van der Waals surface area contributed by atoms with Gasteiger partial charge >= 0.3 is 0 Å². The van der Waals surface area contributed by atoms with Crippen LogP contribution < -0.4 is 5.32 Å². The van der Waals surface area contributed by atoms with Crippen LogP contribution in [0.5, 0.6) is 0 Å². The van der Waals surface area contributed by atoms with Crippen molar-refractivity contribution < 1.29 is 0 Å². The molecule has 1 atom stereocenters. The van der Waals surface area contributed by atoms with Gasteiger partial charge in [0.2, 0.25) is 0 Å². The third-order valence-corrected chi connectivity index (χ3v) is 2.17. The minimum atomic E-state index is 0.312. The fourth-order valence-electron chi connectivity index (χ4n) is 1.35. The first-order valence-electron chi connectivity index (χ1n) is 5.20. The van der Waals surface area contributed by atoms with E-state index in [0.29, 0.717) is 18.6 Å². The van der Waals surface area contributed by atoms with Crippen molar-refractivity contribution in [2.45, 2.75) is 45.8 Å². The van der Waals surface area contributed by atoms with Crippen molar-refractivity contribution in [2.24, 2.45) is 0 Å². The summed E-state index contributed by atoms with van der Waals surface area (Å²) in [7, 11) is 0. The maximum Gasteiger partial charge on any atom is 0.141 e. The average Bonchev–Trinajstić information content (AvgIpc) is 2.63. The molecule has 0 saturated heterocycles. The summed E-state index contributed by atoms with van der Waals surface area (Å²) < 4.78 is 1.91. The van der Waals surface area contributed by atoms with Crippen molar-refractivity contribution in [3.63, 3.8) is 0 Å². The summed E-state index contributed by atoms with van der Waals surface area (Å²) in [5.41, 5.74) is 0. The van der Waals surface area contributed by atoms with Gasteiger partial charge in [-0.2, -0.15) is 5.10 Å². The Morgan fingerprint density at radius 3 is 2.87 bits per heavy atom. The highest BCUT2D eigenvalue weighted by Crippen LogP contribution is 2.05. The Balaban J connectivity index is 2.51. The largest absolute Gasteiger partial charge is 0.306 e. The average molecular weight is 206 g/mol. The molecule has 82 valence electrons. The lowest BCUT2D eigenvalue weighted by atomic mass is 10.2. The summed E-state index contributed by atoms with van der Waals surface area (Å²) in [6.45, 7) is 6.95. The molecule has 1 rings (SSSR count). The Labute approximate surface area is 91.1 Å². The molecule has 0 aliphatic heterocycles. The smallest absolute Gasteiger partial charge is 0.141 e.